The second-order valence-electron chi connectivity index (χ2n) is 3.64. The number of hydrogen-bond donors (Lipinski definition) is 3. The largest absolute Gasteiger partial charge is 0.478 e. The molecule has 0 heterocycles. The maximum atomic E-state index is 11.0. The second-order valence-corrected chi connectivity index (χ2v) is 4.80. The monoisotopic (exact) mass is 321 g/mol. The fourth-order valence-electron chi connectivity index (χ4n) is 1.31. The zero-order valence-corrected chi connectivity index (χ0v) is 11.5. The molecule has 1 unspecified atom stereocenters. The minimum Gasteiger partial charge on any atom is -0.478 e. The molecule has 0 radical (unpaired) electrons. The van der Waals surface area contributed by atoms with E-state index < -0.39 is 12.1 Å². The number of anilines is 1. The van der Waals surface area contributed by atoms with Gasteiger partial charge in [-0.2, -0.15) is 0 Å². The van der Waals surface area contributed by atoms with Crippen LogP contribution < -0.4 is 5.32 Å². The quantitative estimate of drug-likeness (QED) is 0.728. The zero-order chi connectivity index (χ0) is 13.0. The Balaban J connectivity index is 2.92. The molecular formula is C11H13BrClNO3. The van der Waals surface area contributed by atoms with E-state index in [0.29, 0.717) is 10.2 Å². The zero-order valence-electron chi connectivity index (χ0n) is 9.20. The first kappa shape index (κ1) is 14.3. The van der Waals surface area contributed by atoms with Crippen LogP contribution in [0.25, 0.3) is 0 Å². The van der Waals surface area contributed by atoms with Crippen LogP contribution in [0.1, 0.15) is 15.9 Å². The van der Waals surface area contributed by atoms with Crippen LogP contribution in [-0.4, -0.2) is 34.7 Å². The Bertz CT molecular complexity index is 425. The molecule has 1 rings (SSSR count). The lowest BCUT2D eigenvalue weighted by molar-refractivity contribution is 0.0696. The summed E-state index contributed by atoms with van der Waals surface area (Å²) in [6, 6.07) is 3.25. The Hall–Kier alpha value is -0.780. The minimum absolute atomic E-state index is 0.133. The number of aliphatic hydroxyl groups is 1. The van der Waals surface area contributed by atoms with Crippen LogP contribution in [0.15, 0.2) is 16.6 Å². The van der Waals surface area contributed by atoms with Gasteiger partial charge in [0.25, 0.3) is 0 Å². The van der Waals surface area contributed by atoms with Gasteiger partial charge in [-0.25, -0.2) is 4.79 Å². The molecular weight excluding hydrogens is 309 g/mol. The number of alkyl halides is 1. The molecule has 0 aliphatic rings. The summed E-state index contributed by atoms with van der Waals surface area (Å²) < 4.78 is 0.533. The maximum absolute atomic E-state index is 11.0. The summed E-state index contributed by atoms with van der Waals surface area (Å²) in [4.78, 5) is 11.0. The highest BCUT2D eigenvalue weighted by Crippen LogP contribution is 2.25. The van der Waals surface area contributed by atoms with Gasteiger partial charge < -0.3 is 15.5 Å². The van der Waals surface area contributed by atoms with Crippen molar-refractivity contribution in [3.05, 3.63) is 27.7 Å². The lowest BCUT2D eigenvalue weighted by atomic mass is 10.1. The molecule has 94 valence electrons. The van der Waals surface area contributed by atoms with Crippen molar-refractivity contribution >= 4 is 39.2 Å². The molecule has 6 heteroatoms. The van der Waals surface area contributed by atoms with Gasteiger partial charge in [0.1, 0.15) is 0 Å². The molecule has 1 atom stereocenters. The number of hydrogen-bond acceptors (Lipinski definition) is 3. The van der Waals surface area contributed by atoms with Crippen molar-refractivity contribution in [1.29, 1.82) is 0 Å². The minimum atomic E-state index is -1.00. The lowest BCUT2D eigenvalue weighted by Gasteiger charge is -2.13. The third-order valence-electron chi connectivity index (χ3n) is 2.25. The Morgan fingerprint density at radius 2 is 2.24 bits per heavy atom. The van der Waals surface area contributed by atoms with Crippen molar-refractivity contribution in [3.8, 4) is 0 Å². The van der Waals surface area contributed by atoms with Gasteiger partial charge in [-0.3, -0.25) is 0 Å². The van der Waals surface area contributed by atoms with Gasteiger partial charge in [0, 0.05) is 16.7 Å². The first-order valence-corrected chi connectivity index (χ1v) is 6.29. The summed E-state index contributed by atoms with van der Waals surface area (Å²) in [6.45, 7) is 2.14. The van der Waals surface area contributed by atoms with E-state index >= 15 is 0 Å². The summed E-state index contributed by atoms with van der Waals surface area (Å²) >= 11 is 8.67. The van der Waals surface area contributed by atoms with Gasteiger partial charge in [0.15, 0.2) is 0 Å². The number of carboxylic acid groups (broad SMARTS) is 1. The molecule has 0 fully saturated rings. The van der Waals surface area contributed by atoms with Gasteiger partial charge in [-0.1, -0.05) is 0 Å². The maximum Gasteiger partial charge on any atom is 0.336 e. The van der Waals surface area contributed by atoms with Gasteiger partial charge in [0.05, 0.1) is 17.5 Å². The first-order valence-electron chi connectivity index (χ1n) is 4.97. The van der Waals surface area contributed by atoms with E-state index in [-0.39, 0.29) is 18.0 Å². The van der Waals surface area contributed by atoms with E-state index in [1.165, 1.54) is 6.07 Å². The summed E-state index contributed by atoms with van der Waals surface area (Å²) in [5, 5.41) is 21.3. The number of nitrogens with one attached hydrogen (secondary N) is 1. The number of aliphatic hydroxyl groups excluding tert-OH is 1. The van der Waals surface area contributed by atoms with Crippen LogP contribution in [0.3, 0.4) is 0 Å². The molecule has 0 amide bonds. The number of carboxylic acids is 1. The van der Waals surface area contributed by atoms with Gasteiger partial charge in [-0.15, -0.1) is 11.6 Å². The van der Waals surface area contributed by atoms with Crippen molar-refractivity contribution in [2.45, 2.75) is 13.0 Å². The van der Waals surface area contributed by atoms with Crippen LogP contribution in [0.2, 0.25) is 0 Å². The molecule has 0 aromatic heterocycles. The smallest absolute Gasteiger partial charge is 0.336 e. The third-order valence-corrected chi connectivity index (χ3v) is 3.26. The molecule has 17 heavy (non-hydrogen) atoms. The Labute approximate surface area is 113 Å². The number of halogens is 2. The van der Waals surface area contributed by atoms with Gasteiger partial charge in [0.2, 0.25) is 0 Å². The van der Waals surface area contributed by atoms with E-state index in [1.807, 2.05) is 6.92 Å². The molecule has 1 aromatic rings. The summed E-state index contributed by atoms with van der Waals surface area (Å²) in [7, 11) is 0. The SMILES string of the molecule is Cc1cc(Br)c(C(=O)O)cc1NCC(O)CCl. The van der Waals surface area contributed by atoms with Crippen LogP contribution in [0, 0.1) is 6.92 Å². The number of aromatic carboxylic acids is 1. The fourth-order valence-corrected chi connectivity index (χ4v) is 2.05. The van der Waals surface area contributed by atoms with Crippen molar-refractivity contribution in [1.82, 2.24) is 0 Å². The Morgan fingerprint density at radius 3 is 2.76 bits per heavy atom. The van der Waals surface area contributed by atoms with Gasteiger partial charge >= 0.3 is 5.97 Å². The van der Waals surface area contributed by atoms with E-state index in [0.717, 1.165) is 5.56 Å². The lowest BCUT2D eigenvalue weighted by Crippen LogP contribution is -2.21. The number of benzene rings is 1. The fraction of sp³-hybridized carbons (Fsp3) is 0.364. The number of rotatable bonds is 5. The van der Waals surface area contributed by atoms with Crippen LogP contribution in [0.4, 0.5) is 5.69 Å². The molecule has 0 aliphatic heterocycles. The van der Waals surface area contributed by atoms with E-state index in [2.05, 4.69) is 21.2 Å². The Kier molecular flexibility index (Phi) is 5.24. The molecule has 0 saturated carbocycles. The summed E-state index contributed by atoms with van der Waals surface area (Å²) in [5.41, 5.74) is 1.75. The highest BCUT2D eigenvalue weighted by atomic mass is 79.9. The highest BCUT2D eigenvalue weighted by molar-refractivity contribution is 9.10. The van der Waals surface area contributed by atoms with E-state index in [4.69, 9.17) is 16.7 Å². The average molecular weight is 323 g/mol. The van der Waals surface area contributed by atoms with E-state index in [9.17, 15) is 9.90 Å². The average Bonchev–Trinajstić information content (AvgIpc) is 2.26. The molecule has 0 bridgehead atoms. The van der Waals surface area contributed by atoms with Crippen molar-refractivity contribution in [3.63, 3.8) is 0 Å². The summed E-state index contributed by atoms with van der Waals surface area (Å²) in [5.74, 6) is -0.869. The number of aryl methyl sites for hydroxylation is 1. The Morgan fingerprint density at radius 1 is 1.59 bits per heavy atom. The van der Waals surface area contributed by atoms with Crippen LogP contribution in [0.5, 0.6) is 0 Å². The second kappa shape index (κ2) is 6.23. The molecule has 0 saturated heterocycles. The molecule has 0 aliphatic carbocycles. The molecule has 1 aromatic carbocycles. The molecule has 4 nitrogen and oxygen atoms in total. The summed E-state index contributed by atoms with van der Waals surface area (Å²) in [6.07, 6.45) is -0.659. The standard InChI is InChI=1S/C11H13BrClNO3/c1-6-2-9(12)8(11(16)17)3-10(6)14-5-7(15)4-13/h2-3,7,14-15H,4-5H2,1H3,(H,16,17). The highest BCUT2D eigenvalue weighted by Gasteiger charge is 2.12. The van der Waals surface area contributed by atoms with Crippen LogP contribution in [-0.2, 0) is 0 Å². The molecule has 0 spiro atoms. The van der Waals surface area contributed by atoms with Crippen molar-refractivity contribution < 1.29 is 15.0 Å². The molecule has 3 N–H and O–H groups in total. The van der Waals surface area contributed by atoms with E-state index in [1.54, 1.807) is 6.07 Å². The number of carbonyl (C=O) groups is 1. The van der Waals surface area contributed by atoms with Crippen LogP contribution >= 0.6 is 27.5 Å². The van der Waals surface area contributed by atoms with Gasteiger partial charge in [-0.05, 0) is 40.5 Å². The predicted octanol–water partition coefficient (Wildman–Crippen LogP) is 2.47. The van der Waals surface area contributed by atoms with Crippen molar-refractivity contribution in [2.24, 2.45) is 0 Å². The first-order chi connectivity index (χ1) is 7.95. The third kappa shape index (κ3) is 3.87. The normalized spacial score (nSPS) is 12.2. The van der Waals surface area contributed by atoms with Crippen molar-refractivity contribution in [2.75, 3.05) is 17.7 Å². The predicted molar refractivity (Wildman–Crippen MR) is 71.1 cm³/mol. The topological polar surface area (TPSA) is 69.6 Å².